The van der Waals surface area contributed by atoms with Crippen LogP contribution < -0.4 is 10.6 Å². The third kappa shape index (κ3) is 5.09. The predicted octanol–water partition coefficient (Wildman–Crippen LogP) is 4.79. The number of piperidine rings is 1. The van der Waals surface area contributed by atoms with E-state index in [1.165, 1.54) is 18.6 Å². The first-order chi connectivity index (χ1) is 16.2. The molecular formula is C27H40FN3O3. The van der Waals surface area contributed by atoms with Crippen LogP contribution in [-0.4, -0.2) is 47.2 Å². The molecule has 34 heavy (non-hydrogen) atoms. The first kappa shape index (κ1) is 25.0. The van der Waals surface area contributed by atoms with Gasteiger partial charge in [-0.1, -0.05) is 26.8 Å². The molecule has 7 atom stereocenters. The molecule has 0 radical (unpaired) electrons. The molecule has 7 heteroatoms. The number of nitrogens with one attached hydrogen (secondary N) is 2. The number of nitrogens with zero attached hydrogens (tertiary/aromatic N) is 1. The van der Waals surface area contributed by atoms with Crippen LogP contribution >= 0.6 is 0 Å². The fraction of sp³-hybridized carbons (Fsp3) is 0.704. The maximum Gasteiger partial charge on any atom is 0.319 e. The molecule has 3 N–H and O–H groups in total. The predicted molar refractivity (Wildman–Crippen MR) is 131 cm³/mol. The van der Waals surface area contributed by atoms with Gasteiger partial charge in [-0.15, -0.1) is 0 Å². The van der Waals surface area contributed by atoms with E-state index < -0.39 is 11.9 Å². The Kier molecular flexibility index (Phi) is 7.51. The van der Waals surface area contributed by atoms with Gasteiger partial charge in [0, 0.05) is 30.7 Å². The van der Waals surface area contributed by atoms with Gasteiger partial charge in [-0.05, 0) is 86.3 Å². The van der Waals surface area contributed by atoms with Crippen molar-refractivity contribution in [2.45, 2.75) is 77.9 Å². The van der Waals surface area contributed by atoms with E-state index in [0.717, 1.165) is 51.6 Å². The van der Waals surface area contributed by atoms with Gasteiger partial charge in [0.2, 0.25) is 5.91 Å². The summed E-state index contributed by atoms with van der Waals surface area (Å²) in [5.74, 6) is -0.406. The summed E-state index contributed by atoms with van der Waals surface area (Å²) in [4.78, 5) is 27.8. The van der Waals surface area contributed by atoms with Gasteiger partial charge in [0.1, 0.15) is 5.82 Å². The molecule has 0 spiro atoms. The lowest BCUT2D eigenvalue weighted by Crippen LogP contribution is -2.59. The van der Waals surface area contributed by atoms with Crippen LogP contribution in [0.15, 0.2) is 24.3 Å². The molecule has 1 heterocycles. The molecule has 3 aliphatic rings. The number of hydrogen-bond acceptors (Lipinski definition) is 3. The Balaban J connectivity index is 1.42. The number of hydrogen-bond donors (Lipinski definition) is 3. The molecule has 1 aliphatic heterocycles. The molecule has 188 valence electrons. The topological polar surface area (TPSA) is 81.7 Å². The smallest absolute Gasteiger partial charge is 0.319 e. The van der Waals surface area contributed by atoms with E-state index in [1.807, 2.05) is 11.8 Å². The van der Waals surface area contributed by atoms with Crippen molar-refractivity contribution >= 4 is 17.6 Å². The Bertz CT molecular complexity index is 890. The number of anilines is 1. The Morgan fingerprint density at radius 3 is 2.59 bits per heavy atom. The molecule has 3 fully saturated rings. The highest BCUT2D eigenvalue weighted by atomic mass is 19.1. The third-order valence-electron chi connectivity index (χ3n) is 8.99. The maximum atomic E-state index is 13.5. The molecule has 1 aromatic carbocycles. The molecule has 0 unspecified atom stereocenters. The van der Waals surface area contributed by atoms with Gasteiger partial charge >= 0.3 is 6.03 Å². The third-order valence-corrected chi connectivity index (χ3v) is 8.99. The second-order valence-electron chi connectivity index (χ2n) is 11.2. The zero-order valence-electron chi connectivity index (χ0n) is 20.7. The minimum Gasteiger partial charge on any atom is -0.392 e. The van der Waals surface area contributed by atoms with E-state index in [1.54, 1.807) is 12.1 Å². The zero-order chi connectivity index (χ0) is 24.5. The normalized spacial score (nSPS) is 34.6. The monoisotopic (exact) mass is 473 g/mol. The first-order valence-corrected chi connectivity index (χ1v) is 13.0. The van der Waals surface area contributed by atoms with E-state index >= 15 is 0 Å². The van der Waals surface area contributed by atoms with Gasteiger partial charge < -0.3 is 20.6 Å². The number of aliphatic hydroxyl groups is 1. The highest BCUT2D eigenvalue weighted by Gasteiger charge is 2.54. The molecule has 3 amide bonds. The summed E-state index contributed by atoms with van der Waals surface area (Å²) >= 11 is 0. The van der Waals surface area contributed by atoms with Gasteiger partial charge in [0.25, 0.3) is 0 Å². The van der Waals surface area contributed by atoms with Crippen molar-refractivity contribution in [1.29, 1.82) is 0 Å². The number of benzene rings is 1. The Morgan fingerprint density at radius 2 is 1.88 bits per heavy atom. The van der Waals surface area contributed by atoms with Crippen LogP contribution in [-0.2, 0) is 4.79 Å². The van der Waals surface area contributed by atoms with Crippen molar-refractivity contribution in [3.63, 3.8) is 0 Å². The largest absolute Gasteiger partial charge is 0.392 e. The Morgan fingerprint density at radius 1 is 1.18 bits per heavy atom. The summed E-state index contributed by atoms with van der Waals surface area (Å²) in [7, 11) is 0. The number of amides is 3. The lowest BCUT2D eigenvalue weighted by Gasteiger charge is -2.56. The summed E-state index contributed by atoms with van der Waals surface area (Å²) in [5.41, 5.74) is 0.411. The number of carbonyl (C=O) groups is 2. The van der Waals surface area contributed by atoms with Crippen LogP contribution in [0, 0.1) is 34.9 Å². The van der Waals surface area contributed by atoms with E-state index in [-0.39, 0.29) is 47.1 Å². The molecule has 1 saturated heterocycles. The highest BCUT2D eigenvalue weighted by Crippen LogP contribution is 2.55. The molecule has 0 aromatic heterocycles. The van der Waals surface area contributed by atoms with Gasteiger partial charge in [0.15, 0.2) is 0 Å². The number of fused-ring (bicyclic) bond motifs is 1. The van der Waals surface area contributed by atoms with Gasteiger partial charge in [-0.3, -0.25) is 4.79 Å². The summed E-state index contributed by atoms with van der Waals surface area (Å²) < 4.78 is 13.5. The van der Waals surface area contributed by atoms with Crippen molar-refractivity contribution in [3.8, 4) is 0 Å². The molecule has 6 nitrogen and oxygen atoms in total. The Hall–Kier alpha value is -2.15. The average Bonchev–Trinajstić information content (AvgIpc) is 2.81. The van der Waals surface area contributed by atoms with E-state index in [9.17, 15) is 19.1 Å². The Labute approximate surface area is 202 Å². The number of aliphatic hydroxyl groups excluding tert-OH is 1. The van der Waals surface area contributed by atoms with Crippen LogP contribution in [0.4, 0.5) is 14.9 Å². The average molecular weight is 474 g/mol. The molecule has 0 bridgehead atoms. The van der Waals surface area contributed by atoms with Gasteiger partial charge in [0.05, 0.1) is 6.10 Å². The lowest BCUT2D eigenvalue weighted by atomic mass is 9.51. The standard InChI is InChI=1S/C27H40FN3O3/c1-17(25(33)31-14-5-4-6-15-31)21-10-12-27(3)13-11-22(18(2)23(27)24(21)32)30-26(34)29-20-9-7-8-19(28)16-20/h7-9,16-18,21-24,32H,4-6,10-15H2,1-3H3,(H2,29,30,34)/t17-,18+,21+,22-,23+,24-,27-/m0/s1. The first-order valence-electron chi connectivity index (χ1n) is 13.0. The fourth-order valence-electron chi connectivity index (χ4n) is 6.98. The van der Waals surface area contributed by atoms with Crippen molar-refractivity contribution in [3.05, 3.63) is 30.1 Å². The number of halogens is 1. The fourth-order valence-corrected chi connectivity index (χ4v) is 6.98. The summed E-state index contributed by atoms with van der Waals surface area (Å²) in [5, 5.41) is 17.4. The quantitative estimate of drug-likeness (QED) is 0.588. The van der Waals surface area contributed by atoms with Crippen molar-refractivity contribution in [2.75, 3.05) is 18.4 Å². The highest BCUT2D eigenvalue weighted by molar-refractivity contribution is 5.89. The summed E-state index contributed by atoms with van der Waals surface area (Å²) in [6.07, 6.45) is 6.35. The molecule has 2 aliphatic carbocycles. The van der Waals surface area contributed by atoms with Crippen molar-refractivity contribution in [1.82, 2.24) is 10.2 Å². The SMILES string of the molecule is C[C@H]1[C@@H]2[C@@H](O)[C@@H]([C@H](C)C(=O)N3CCCCC3)CC[C@@]2(C)CC[C@@H]1NC(=O)Nc1cccc(F)c1. The van der Waals surface area contributed by atoms with Crippen LogP contribution in [0.3, 0.4) is 0 Å². The molecule has 2 saturated carbocycles. The minimum absolute atomic E-state index is 0.000436. The maximum absolute atomic E-state index is 13.5. The molecule has 4 rings (SSSR count). The molecule has 1 aromatic rings. The number of carbonyl (C=O) groups excluding carboxylic acids is 2. The van der Waals surface area contributed by atoms with Crippen LogP contribution in [0.25, 0.3) is 0 Å². The van der Waals surface area contributed by atoms with Crippen LogP contribution in [0.2, 0.25) is 0 Å². The summed E-state index contributed by atoms with van der Waals surface area (Å²) in [6, 6.07) is 5.39. The summed E-state index contributed by atoms with van der Waals surface area (Å²) in [6.45, 7) is 8.01. The van der Waals surface area contributed by atoms with E-state index in [4.69, 9.17) is 0 Å². The van der Waals surface area contributed by atoms with Crippen LogP contribution in [0.5, 0.6) is 0 Å². The zero-order valence-corrected chi connectivity index (χ0v) is 20.7. The van der Waals surface area contributed by atoms with Gasteiger partial charge in [-0.2, -0.15) is 0 Å². The van der Waals surface area contributed by atoms with E-state index in [2.05, 4.69) is 24.5 Å². The van der Waals surface area contributed by atoms with Crippen molar-refractivity contribution < 1.29 is 19.1 Å². The minimum atomic E-state index is -0.576. The number of likely N-dealkylation sites (tertiary alicyclic amines) is 1. The second kappa shape index (κ2) is 10.2. The van der Waals surface area contributed by atoms with E-state index in [0.29, 0.717) is 5.69 Å². The lowest BCUT2D eigenvalue weighted by molar-refractivity contribution is -0.150. The number of rotatable bonds is 4. The van der Waals surface area contributed by atoms with Gasteiger partial charge in [-0.25, -0.2) is 9.18 Å². The second-order valence-corrected chi connectivity index (χ2v) is 11.2. The molecular weight excluding hydrogens is 433 g/mol. The number of urea groups is 1. The van der Waals surface area contributed by atoms with Crippen LogP contribution in [0.1, 0.15) is 65.7 Å². The van der Waals surface area contributed by atoms with Crippen molar-refractivity contribution in [2.24, 2.45) is 29.1 Å².